The molecule has 0 spiro atoms. The highest BCUT2D eigenvalue weighted by Crippen LogP contribution is 2.25. The number of nitrogens with one attached hydrogen (secondary N) is 1. The van der Waals surface area contributed by atoms with Crippen LogP contribution < -0.4 is 5.32 Å². The molecular weight excluding hydrogens is 354 g/mol. The standard InChI is InChI=1S/C15H21NO8S/c1-22-15-11(16-14(19)9-6-4-3-5-7-9)13(24-25(2,20)21)12(18)10(8-17)23-15/h3-7,10-13,15,17-18H,8H2,1-2H3,(H,16,19)/t10-,11-,12+,13+,15-/m1/s1. The van der Waals surface area contributed by atoms with Crippen LogP contribution in [0.4, 0.5) is 0 Å². The second-order valence-electron chi connectivity index (χ2n) is 5.58. The fourth-order valence-corrected chi connectivity index (χ4v) is 3.20. The summed E-state index contributed by atoms with van der Waals surface area (Å²) in [7, 11) is -2.67. The van der Waals surface area contributed by atoms with Gasteiger partial charge in [0.2, 0.25) is 0 Å². The Morgan fingerprint density at radius 2 is 1.96 bits per heavy atom. The van der Waals surface area contributed by atoms with Crippen LogP contribution in [-0.2, 0) is 23.8 Å². The summed E-state index contributed by atoms with van der Waals surface area (Å²) in [6.45, 7) is -0.579. The minimum absolute atomic E-state index is 0.328. The van der Waals surface area contributed by atoms with Crippen molar-refractivity contribution >= 4 is 16.0 Å². The second-order valence-corrected chi connectivity index (χ2v) is 7.18. The van der Waals surface area contributed by atoms with Gasteiger partial charge in [-0.2, -0.15) is 8.42 Å². The molecule has 1 aliphatic heterocycles. The van der Waals surface area contributed by atoms with Crippen LogP contribution in [0.5, 0.6) is 0 Å². The molecule has 140 valence electrons. The molecule has 0 radical (unpaired) electrons. The van der Waals surface area contributed by atoms with Gasteiger partial charge in [0.25, 0.3) is 16.0 Å². The summed E-state index contributed by atoms with van der Waals surface area (Å²) in [5.74, 6) is -0.520. The van der Waals surface area contributed by atoms with Gasteiger partial charge in [0, 0.05) is 12.7 Å². The highest BCUT2D eigenvalue weighted by atomic mass is 32.2. The van der Waals surface area contributed by atoms with E-state index >= 15 is 0 Å². The number of ether oxygens (including phenoxy) is 2. The number of rotatable bonds is 6. The zero-order chi connectivity index (χ0) is 18.6. The smallest absolute Gasteiger partial charge is 0.264 e. The van der Waals surface area contributed by atoms with Gasteiger partial charge in [-0.1, -0.05) is 18.2 Å². The van der Waals surface area contributed by atoms with Crippen LogP contribution in [0.25, 0.3) is 0 Å². The number of carbonyl (C=O) groups excluding carboxylic acids is 1. The Morgan fingerprint density at radius 1 is 1.32 bits per heavy atom. The first-order valence-corrected chi connectivity index (χ1v) is 9.30. The lowest BCUT2D eigenvalue weighted by atomic mass is 9.96. The molecule has 25 heavy (non-hydrogen) atoms. The maximum atomic E-state index is 12.4. The van der Waals surface area contributed by atoms with Gasteiger partial charge in [0.15, 0.2) is 6.29 Å². The van der Waals surface area contributed by atoms with E-state index in [-0.39, 0.29) is 0 Å². The van der Waals surface area contributed by atoms with Crippen molar-refractivity contribution in [3.8, 4) is 0 Å². The average Bonchev–Trinajstić information content (AvgIpc) is 2.58. The van der Waals surface area contributed by atoms with E-state index in [0.717, 1.165) is 6.26 Å². The predicted octanol–water partition coefficient (Wildman–Crippen LogP) is -1.15. The summed E-state index contributed by atoms with van der Waals surface area (Å²) < 4.78 is 38.5. The van der Waals surface area contributed by atoms with Crippen molar-refractivity contribution in [2.24, 2.45) is 0 Å². The molecule has 1 saturated heterocycles. The number of aliphatic hydroxyl groups is 2. The molecule has 1 heterocycles. The molecule has 3 N–H and O–H groups in total. The molecule has 5 atom stereocenters. The fourth-order valence-electron chi connectivity index (χ4n) is 2.56. The molecule has 1 aromatic carbocycles. The third kappa shape index (κ3) is 4.97. The first-order chi connectivity index (χ1) is 11.8. The molecule has 0 saturated carbocycles. The lowest BCUT2D eigenvalue weighted by Gasteiger charge is -2.43. The largest absolute Gasteiger partial charge is 0.394 e. The zero-order valence-electron chi connectivity index (χ0n) is 13.7. The Labute approximate surface area is 145 Å². The highest BCUT2D eigenvalue weighted by Gasteiger charge is 2.48. The van der Waals surface area contributed by atoms with E-state index in [9.17, 15) is 23.4 Å². The zero-order valence-corrected chi connectivity index (χ0v) is 14.5. The van der Waals surface area contributed by atoms with Crippen LogP contribution in [0.2, 0.25) is 0 Å². The van der Waals surface area contributed by atoms with Crippen LogP contribution >= 0.6 is 0 Å². The van der Waals surface area contributed by atoms with E-state index < -0.39 is 53.3 Å². The van der Waals surface area contributed by atoms with Crippen LogP contribution in [0.15, 0.2) is 30.3 Å². The van der Waals surface area contributed by atoms with E-state index in [0.29, 0.717) is 5.56 Å². The van der Waals surface area contributed by atoms with Gasteiger partial charge in [-0.25, -0.2) is 0 Å². The average molecular weight is 375 g/mol. The first kappa shape index (κ1) is 19.8. The van der Waals surface area contributed by atoms with E-state index in [2.05, 4.69) is 5.32 Å². The summed E-state index contributed by atoms with van der Waals surface area (Å²) in [4.78, 5) is 12.4. The maximum absolute atomic E-state index is 12.4. The molecule has 0 aromatic heterocycles. The number of hydrogen-bond donors (Lipinski definition) is 3. The van der Waals surface area contributed by atoms with E-state index in [1.165, 1.54) is 7.11 Å². The molecule has 9 nitrogen and oxygen atoms in total. The molecule has 1 fully saturated rings. The topological polar surface area (TPSA) is 131 Å². The molecule has 0 bridgehead atoms. The van der Waals surface area contributed by atoms with Gasteiger partial charge < -0.3 is 25.0 Å². The Morgan fingerprint density at radius 3 is 2.48 bits per heavy atom. The van der Waals surface area contributed by atoms with E-state index in [1.54, 1.807) is 30.3 Å². The number of hydrogen-bond acceptors (Lipinski definition) is 8. The minimum Gasteiger partial charge on any atom is -0.394 e. The Balaban J connectivity index is 2.29. The van der Waals surface area contributed by atoms with Crippen molar-refractivity contribution in [1.29, 1.82) is 0 Å². The van der Waals surface area contributed by atoms with Gasteiger partial charge in [-0.3, -0.25) is 8.98 Å². The molecule has 0 aliphatic carbocycles. The van der Waals surface area contributed by atoms with Gasteiger partial charge in [0.05, 0.1) is 12.9 Å². The Bertz CT molecular complexity index is 680. The summed E-state index contributed by atoms with van der Waals surface area (Å²) in [6, 6.07) is 7.09. The first-order valence-electron chi connectivity index (χ1n) is 7.48. The van der Waals surface area contributed by atoms with E-state index in [1.807, 2.05) is 0 Å². The number of carbonyl (C=O) groups is 1. The molecule has 1 aromatic rings. The molecule has 1 amide bonds. The quantitative estimate of drug-likeness (QED) is 0.532. The Kier molecular flexibility index (Phi) is 6.49. The lowest BCUT2D eigenvalue weighted by molar-refractivity contribution is -0.256. The summed E-state index contributed by atoms with van der Waals surface area (Å²) in [6.07, 6.45) is -4.31. The van der Waals surface area contributed by atoms with Crippen molar-refractivity contribution < 1.29 is 37.1 Å². The summed E-state index contributed by atoms with van der Waals surface area (Å²) in [5.41, 5.74) is 0.328. The van der Waals surface area contributed by atoms with Crippen LogP contribution in [0.3, 0.4) is 0 Å². The third-order valence-electron chi connectivity index (χ3n) is 3.71. The fraction of sp³-hybridized carbons (Fsp3) is 0.533. The highest BCUT2D eigenvalue weighted by molar-refractivity contribution is 7.86. The Hall–Kier alpha value is -1.56. The van der Waals surface area contributed by atoms with Crippen LogP contribution in [-0.4, -0.2) is 75.2 Å². The monoisotopic (exact) mass is 375 g/mol. The van der Waals surface area contributed by atoms with Crippen molar-refractivity contribution in [2.75, 3.05) is 20.0 Å². The predicted molar refractivity (Wildman–Crippen MR) is 86.2 cm³/mol. The van der Waals surface area contributed by atoms with Crippen molar-refractivity contribution in [1.82, 2.24) is 5.32 Å². The second kappa shape index (κ2) is 8.21. The van der Waals surface area contributed by atoms with Gasteiger partial charge >= 0.3 is 0 Å². The van der Waals surface area contributed by atoms with Crippen molar-refractivity contribution in [3.63, 3.8) is 0 Å². The van der Waals surface area contributed by atoms with Crippen molar-refractivity contribution in [2.45, 2.75) is 30.6 Å². The van der Waals surface area contributed by atoms with Crippen LogP contribution in [0.1, 0.15) is 10.4 Å². The van der Waals surface area contributed by atoms with Crippen molar-refractivity contribution in [3.05, 3.63) is 35.9 Å². The number of benzene rings is 1. The van der Waals surface area contributed by atoms with Gasteiger partial charge in [0.1, 0.15) is 24.4 Å². The number of aliphatic hydroxyl groups excluding tert-OH is 2. The van der Waals surface area contributed by atoms with E-state index in [4.69, 9.17) is 13.7 Å². The summed E-state index contributed by atoms with van der Waals surface area (Å²) in [5, 5.41) is 22.1. The molecular formula is C15H21NO8S. The maximum Gasteiger partial charge on any atom is 0.264 e. The van der Waals surface area contributed by atoms with Gasteiger partial charge in [-0.05, 0) is 12.1 Å². The van der Waals surface area contributed by atoms with Gasteiger partial charge in [-0.15, -0.1) is 0 Å². The molecule has 10 heteroatoms. The lowest BCUT2D eigenvalue weighted by Crippen LogP contribution is -2.65. The van der Waals surface area contributed by atoms with Crippen LogP contribution in [0, 0.1) is 0 Å². The third-order valence-corrected chi connectivity index (χ3v) is 4.28. The minimum atomic E-state index is -3.96. The SMILES string of the molecule is CO[C@@H]1O[C@H](CO)[C@H](O)[C@@H](OS(C)(=O)=O)[C@H]1NC(=O)c1ccccc1. The normalized spacial score (nSPS) is 30.0. The number of methoxy groups -OCH3 is 1. The number of amides is 1. The molecule has 0 unspecified atom stereocenters. The summed E-state index contributed by atoms with van der Waals surface area (Å²) >= 11 is 0. The molecule has 1 aliphatic rings. The molecule has 2 rings (SSSR count).